The maximum absolute atomic E-state index is 12.3. The van der Waals surface area contributed by atoms with Crippen LogP contribution in [0.4, 0.5) is 34.1 Å². The number of anilines is 2. The summed E-state index contributed by atoms with van der Waals surface area (Å²) in [4.78, 5) is 58.5. The first-order valence-corrected chi connectivity index (χ1v) is 13.2. The van der Waals surface area contributed by atoms with Gasteiger partial charge >= 0.3 is 11.7 Å². The number of esters is 1. The fraction of sp³-hybridized carbons (Fsp3) is 0.250. The molecule has 0 heterocycles. The van der Waals surface area contributed by atoms with E-state index >= 15 is 0 Å². The molecule has 0 aliphatic rings. The molecule has 0 aliphatic carbocycles. The minimum absolute atomic E-state index is 0.0186. The molecule has 1 amide bonds. The molecule has 3 rings (SSSR count). The first-order chi connectivity index (χ1) is 20.9. The SMILES string of the molecule is COc1cc(/N=N/c2c(Cl)cc([N+](=O)[O-])cc2[N+](=O)[O-])c(NC(C)=O)cc1N(CCC(=O)OCC(C)=O)Cc1ccccc1. The lowest BCUT2D eigenvalue weighted by molar-refractivity contribution is -0.393. The second-order valence-electron chi connectivity index (χ2n) is 9.25. The van der Waals surface area contributed by atoms with Crippen molar-refractivity contribution in [2.75, 3.05) is 30.5 Å². The Morgan fingerprint density at radius 3 is 2.30 bits per heavy atom. The monoisotopic (exact) mass is 626 g/mol. The highest BCUT2D eigenvalue weighted by molar-refractivity contribution is 6.33. The van der Waals surface area contributed by atoms with Gasteiger partial charge in [-0.25, -0.2) is 0 Å². The van der Waals surface area contributed by atoms with E-state index in [0.29, 0.717) is 18.3 Å². The smallest absolute Gasteiger partial charge is 0.308 e. The number of halogens is 1. The summed E-state index contributed by atoms with van der Waals surface area (Å²) in [5.41, 5.74) is -0.305. The molecule has 0 atom stereocenters. The molecule has 3 aromatic carbocycles. The normalized spacial score (nSPS) is 10.7. The number of nitro groups is 2. The van der Waals surface area contributed by atoms with Gasteiger partial charge in [0.25, 0.3) is 5.69 Å². The third kappa shape index (κ3) is 9.03. The Morgan fingerprint density at radius 2 is 1.70 bits per heavy atom. The van der Waals surface area contributed by atoms with Gasteiger partial charge in [0.15, 0.2) is 11.5 Å². The zero-order valence-corrected chi connectivity index (χ0v) is 24.6. The molecule has 0 radical (unpaired) electrons. The molecule has 3 aromatic rings. The second kappa shape index (κ2) is 15.2. The summed E-state index contributed by atoms with van der Waals surface area (Å²) < 4.78 is 10.6. The molecule has 0 saturated heterocycles. The summed E-state index contributed by atoms with van der Waals surface area (Å²) in [7, 11) is 1.39. The molecule has 0 fully saturated rings. The van der Waals surface area contributed by atoms with Gasteiger partial charge < -0.3 is 19.7 Å². The van der Waals surface area contributed by atoms with E-state index in [-0.39, 0.29) is 47.5 Å². The first-order valence-electron chi connectivity index (χ1n) is 12.9. The van der Waals surface area contributed by atoms with Crippen LogP contribution in [0.15, 0.2) is 64.8 Å². The molecule has 44 heavy (non-hydrogen) atoms. The van der Waals surface area contributed by atoms with Crippen LogP contribution in [0.3, 0.4) is 0 Å². The number of ether oxygens (including phenoxy) is 2. The molecule has 0 spiro atoms. The predicted molar refractivity (Wildman–Crippen MR) is 160 cm³/mol. The Kier molecular flexibility index (Phi) is 11.4. The van der Waals surface area contributed by atoms with Gasteiger partial charge in [-0.15, -0.1) is 10.2 Å². The fourth-order valence-corrected chi connectivity index (χ4v) is 4.17. The molecule has 16 heteroatoms. The van der Waals surface area contributed by atoms with Crippen LogP contribution in [0.5, 0.6) is 5.75 Å². The minimum atomic E-state index is -0.880. The maximum Gasteiger partial charge on any atom is 0.308 e. The van der Waals surface area contributed by atoms with E-state index in [1.165, 1.54) is 33.1 Å². The summed E-state index contributed by atoms with van der Waals surface area (Å²) in [5, 5.41) is 33.0. The highest BCUT2D eigenvalue weighted by Crippen LogP contribution is 2.43. The van der Waals surface area contributed by atoms with E-state index in [9.17, 15) is 34.6 Å². The molecule has 1 N–H and O–H groups in total. The van der Waals surface area contributed by atoms with Crippen LogP contribution in [0.2, 0.25) is 5.02 Å². The first kappa shape index (κ1) is 33.1. The lowest BCUT2D eigenvalue weighted by Crippen LogP contribution is -2.27. The Labute approximate surface area is 255 Å². The minimum Gasteiger partial charge on any atom is -0.494 e. The topological polar surface area (TPSA) is 196 Å². The number of benzene rings is 3. The van der Waals surface area contributed by atoms with Crippen molar-refractivity contribution in [2.45, 2.75) is 26.8 Å². The summed E-state index contributed by atoms with van der Waals surface area (Å²) in [6, 6.07) is 13.9. The number of hydrogen-bond donors (Lipinski definition) is 1. The Bertz CT molecular complexity index is 1610. The molecule has 230 valence electrons. The highest BCUT2D eigenvalue weighted by Gasteiger charge is 2.24. The van der Waals surface area contributed by atoms with E-state index in [4.69, 9.17) is 21.1 Å². The average molecular weight is 627 g/mol. The molecule has 15 nitrogen and oxygen atoms in total. The lowest BCUT2D eigenvalue weighted by atomic mass is 10.1. The zero-order valence-electron chi connectivity index (χ0n) is 23.8. The van der Waals surface area contributed by atoms with Crippen LogP contribution < -0.4 is 15.0 Å². The number of carbonyl (C=O) groups excluding carboxylic acids is 3. The summed E-state index contributed by atoms with van der Waals surface area (Å²) in [6.07, 6.45) is -0.0808. The number of nitrogens with one attached hydrogen (secondary N) is 1. The number of nitro benzene ring substituents is 2. The van der Waals surface area contributed by atoms with Crippen molar-refractivity contribution in [2.24, 2.45) is 10.2 Å². The number of methoxy groups -OCH3 is 1. The Balaban J connectivity index is 2.09. The summed E-state index contributed by atoms with van der Waals surface area (Å²) >= 11 is 6.10. The number of rotatable bonds is 14. The van der Waals surface area contributed by atoms with Gasteiger partial charge in [0, 0.05) is 32.1 Å². The van der Waals surface area contributed by atoms with Crippen LogP contribution in [0, 0.1) is 20.2 Å². The van der Waals surface area contributed by atoms with Crippen molar-refractivity contribution >= 4 is 63.4 Å². The summed E-state index contributed by atoms with van der Waals surface area (Å²) in [6.45, 7) is 2.66. The Morgan fingerprint density at radius 1 is 1.00 bits per heavy atom. The van der Waals surface area contributed by atoms with Crippen molar-refractivity contribution in [1.82, 2.24) is 0 Å². The fourth-order valence-electron chi connectivity index (χ4n) is 3.93. The molecule has 0 aromatic heterocycles. The number of azo groups is 1. The Hall–Kier alpha value is -5.44. The number of Topliss-reactive ketones (excluding diaryl/α,β-unsaturated/α-hetero) is 1. The lowest BCUT2D eigenvalue weighted by Gasteiger charge is -2.27. The standard InChI is InChI=1S/C28H27ClN6O9/c1-17(36)16-44-27(38)9-10-33(15-19-7-5-4-6-8-19)24-13-22(30-18(2)37)23(14-26(24)43-3)31-32-28-21(29)11-20(34(39)40)12-25(28)35(41)42/h4-8,11-14H,9-10,15-16H2,1-3H3,(H,30,37)/b32-31+. The van der Waals surface area contributed by atoms with Gasteiger partial charge in [-0.05, 0) is 18.6 Å². The van der Waals surface area contributed by atoms with Gasteiger partial charge in [0.1, 0.15) is 18.0 Å². The number of ketones is 1. The quantitative estimate of drug-likeness (QED) is 0.0948. The van der Waals surface area contributed by atoms with Crippen LogP contribution >= 0.6 is 11.6 Å². The van der Waals surface area contributed by atoms with Crippen LogP contribution in [0.25, 0.3) is 0 Å². The molecular formula is C28H27ClN6O9. The molecule has 0 aliphatic heterocycles. The van der Waals surface area contributed by atoms with Gasteiger partial charge in [-0.2, -0.15) is 0 Å². The van der Waals surface area contributed by atoms with Gasteiger partial charge in [0.05, 0.1) is 45.8 Å². The molecule has 0 unspecified atom stereocenters. The van der Waals surface area contributed by atoms with E-state index in [1.807, 2.05) is 30.3 Å². The van der Waals surface area contributed by atoms with Crippen LogP contribution in [0.1, 0.15) is 25.8 Å². The van der Waals surface area contributed by atoms with Crippen molar-refractivity contribution < 1.29 is 33.7 Å². The van der Waals surface area contributed by atoms with Crippen LogP contribution in [-0.4, -0.2) is 47.8 Å². The number of hydrogen-bond acceptors (Lipinski definition) is 12. The van der Waals surface area contributed by atoms with E-state index in [0.717, 1.165) is 11.6 Å². The highest BCUT2D eigenvalue weighted by atomic mass is 35.5. The maximum atomic E-state index is 12.3. The number of nitrogens with zero attached hydrogens (tertiary/aromatic N) is 5. The average Bonchev–Trinajstić information content (AvgIpc) is 2.97. The van der Waals surface area contributed by atoms with Gasteiger partial charge in [-0.1, -0.05) is 41.9 Å². The third-order valence-corrected chi connectivity index (χ3v) is 6.17. The van der Waals surface area contributed by atoms with E-state index in [2.05, 4.69) is 15.5 Å². The third-order valence-electron chi connectivity index (χ3n) is 5.88. The van der Waals surface area contributed by atoms with Crippen molar-refractivity contribution in [3.05, 3.63) is 85.4 Å². The zero-order chi connectivity index (χ0) is 32.4. The summed E-state index contributed by atoms with van der Waals surface area (Å²) in [5.74, 6) is -1.12. The predicted octanol–water partition coefficient (Wildman–Crippen LogP) is 6.07. The van der Waals surface area contributed by atoms with Gasteiger partial charge in [0.2, 0.25) is 5.91 Å². The molecule has 0 saturated carbocycles. The van der Waals surface area contributed by atoms with Gasteiger partial charge in [-0.3, -0.25) is 34.6 Å². The van der Waals surface area contributed by atoms with Crippen LogP contribution in [-0.2, 0) is 25.7 Å². The van der Waals surface area contributed by atoms with Crippen molar-refractivity contribution in [3.8, 4) is 5.75 Å². The van der Waals surface area contributed by atoms with E-state index < -0.39 is 38.8 Å². The van der Waals surface area contributed by atoms with E-state index in [1.54, 1.807) is 4.90 Å². The van der Waals surface area contributed by atoms with Crippen molar-refractivity contribution in [1.29, 1.82) is 0 Å². The largest absolute Gasteiger partial charge is 0.494 e. The second-order valence-corrected chi connectivity index (χ2v) is 9.66. The molecular weight excluding hydrogens is 600 g/mol. The number of amides is 1. The number of non-ortho nitro benzene ring substituents is 1. The number of carbonyl (C=O) groups is 3. The molecule has 0 bridgehead atoms. The van der Waals surface area contributed by atoms with Crippen molar-refractivity contribution in [3.63, 3.8) is 0 Å².